The standard InChI is InChI=1S/C15H18Br2N2O/c1-4-6-9-7-12(18-5-2)13-14(19-9)10(16)8-11(17)15(13)20-3/h7-8H,4-6H2,1-3H3,(H,18,19). The van der Waals surface area contributed by atoms with Crippen LogP contribution >= 0.6 is 31.9 Å². The molecule has 1 aromatic carbocycles. The maximum Gasteiger partial charge on any atom is 0.144 e. The van der Waals surface area contributed by atoms with Crippen LogP contribution in [-0.4, -0.2) is 18.6 Å². The average molecular weight is 402 g/mol. The molecule has 0 amide bonds. The lowest BCUT2D eigenvalue weighted by Crippen LogP contribution is -2.02. The van der Waals surface area contributed by atoms with E-state index in [4.69, 9.17) is 9.72 Å². The van der Waals surface area contributed by atoms with Gasteiger partial charge in [-0.25, -0.2) is 0 Å². The lowest BCUT2D eigenvalue weighted by atomic mass is 10.1. The van der Waals surface area contributed by atoms with E-state index in [0.717, 1.165) is 56.4 Å². The van der Waals surface area contributed by atoms with Crippen LogP contribution in [-0.2, 0) is 6.42 Å². The third kappa shape index (κ3) is 2.93. The second kappa shape index (κ2) is 6.76. The van der Waals surface area contributed by atoms with Gasteiger partial charge in [0.2, 0.25) is 0 Å². The second-order valence-electron chi connectivity index (χ2n) is 4.54. The number of nitrogens with one attached hydrogen (secondary N) is 1. The Kier molecular flexibility index (Phi) is 5.27. The number of hydrogen-bond acceptors (Lipinski definition) is 3. The molecule has 0 atom stereocenters. The minimum Gasteiger partial charge on any atom is -0.495 e. The molecule has 3 nitrogen and oxygen atoms in total. The largest absolute Gasteiger partial charge is 0.495 e. The molecule has 1 N–H and O–H groups in total. The number of halogens is 2. The topological polar surface area (TPSA) is 34.1 Å². The normalized spacial score (nSPS) is 10.8. The highest BCUT2D eigenvalue weighted by atomic mass is 79.9. The summed E-state index contributed by atoms with van der Waals surface area (Å²) in [6.45, 7) is 5.11. The Morgan fingerprint density at radius 3 is 2.55 bits per heavy atom. The molecule has 0 radical (unpaired) electrons. The van der Waals surface area contributed by atoms with Crippen molar-refractivity contribution >= 4 is 48.5 Å². The van der Waals surface area contributed by atoms with Crippen molar-refractivity contribution in [2.75, 3.05) is 19.0 Å². The third-order valence-corrected chi connectivity index (χ3v) is 4.27. The van der Waals surface area contributed by atoms with Crippen LogP contribution in [0.2, 0.25) is 0 Å². The minimum atomic E-state index is 0.815. The van der Waals surface area contributed by atoms with Crippen LogP contribution in [0.15, 0.2) is 21.1 Å². The SMILES string of the molecule is CCCc1cc(NCC)c2c(OC)c(Br)cc(Br)c2n1. The van der Waals surface area contributed by atoms with E-state index in [0.29, 0.717) is 0 Å². The van der Waals surface area contributed by atoms with Gasteiger partial charge in [0.25, 0.3) is 0 Å². The predicted molar refractivity (Wildman–Crippen MR) is 91.9 cm³/mol. The fourth-order valence-electron chi connectivity index (χ4n) is 2.28. The zero-order chi connectivity index (χ0) is 14.7. The average Bonchev–Trinajstić information content (AvgIpc) is 2.41. The summed E-state index contributed by atoms with van der Waals surface area (Å²) < 4.78 is 7.44. The van der Waals surface area contributed by atoms with Crippen molar-refractivity contribution in [1.82, 2.24) is 4.98 Å². The van der Waals surface area contributed by atoms with Gasteiger partial charge in [-0.05, 0) is 57.3 Å². The second-order valence-corrected chi connectivity index (χ2v) is 6.25. The predicted octanol–water partition coefficient (Wildman–Crippen LogP) is 5.15. The Hall–Kier alpha value is -0.810. The van der Waals surface area contributed by atoms with Crippen LogP contribution in [0.1, 0.15) is 26.0 Å². The summed E-state index contributed by atoms with van der Waals surface area (Å²) >= 11 is 7.16. The van der Waals surface area contributed by atoms with E-state index in [2.05, 4.69) is 57.1 Å². The first-order valence-electron chi connectivity index (χ1n) is 6.71. The number of benzene rings is 1. The van der Waals surface area contributed by atoms with Gasteiger partial charge in [0.15, 0.2) is 0 Å². The Balaban J connectivity index is 2.81. The van der Waals surface area contributed by atoms with Gasteiger partial charge in [-0.15, -0.1) is 0 Å². The van der Waals surface area contributed by atoms with Crippen molar-refractivity contribution in [3.8, 4) is 5.75 Å². The van der Waals surface area contributed by atoms with Crippen LogP contribution in [0.25, 0.3) is 10.9 Å². The molecule has 108 valence electrons. The zero-order valence-corrected chi connectivity index (χ0v) is 15.1. The minimum absolute atomic E-state index is 0.815. The number of ether oxygens (including phenoxy) is 1. The molecule has 0 fully saturated rings. The number of methoxy groups -OCH3 is 1. The lowest BCUT2D eigenvalue weighted by molar-refractivity contribution is 0.417. The molecule has 0 spiro atoms. The fraction of sp³-hybridized carbons (Fsp3) is 0.400. The number of fused-ring (bicyclic) bond motifs is 1. The van der Waals surface area contributed by atoms with Crippen molar-refractivity contribution in [3.63, 3.8) is 0 Å². The maximum absolute atomic E-state index is 5.55. The smallest absolute Gasteiger partial charge is 0.144 e. The number of anilines is 1. The molecule has 0 saturated heterocycles. The summed E-state index contributed by atoms with van der Waals surface area (Å²) in [5, 5.41) is 4.43. The molecule has 0 aliphatic heterocycles. The van der Waals surface area contributed by atoms with Crippen molar-refractivity contribution in [3.05, 3.63) is 26.8 Å². The molecule has 0 aliphatic rings. The third-order valence-electron chi connectivity index (χ3n) is 3.07. The van der Waals surface area contributed by atoms with Gasteiger partial charge in [-0.3, -0.25) is 4.98 Å². The van der Waals surface area contributed by atoms with Crippen LogP contribution in [0.3, 0.4) is 0 Å². The van der Waals surface area contributed by atoms with E-state index in [1.807, 2.05) is 6.07 Å². The summed E-state index contributed by atoms with van der Waals surface area (Å²) in [5.74, 6) is 0.815. The fourth-order valence-corrected chi connectivity index (χ4v) is 3.69. The monoisotopic (exact) mass is 400 g/mol. The van der Waals surface area contributed by atoms with Crippen molar-refractivity contribution in [2.45, 2.75) is 26.7 Å². The molecular formula is C15H18Br2N2O. The first-order chi connectivity index (χ1) is 9.62. The number of rotatable bonds is 5. The van der Waals surface area contributed by atoms with Crippen molar-refractivity contribution in [1.29, 1.82) is 0 Å². The maximum atomic E-state index is 5.55. The summed E-state index contributed by atoms with van der Waals surface area (Å²) in [6.07, 6.45) is 2.05. The first-order valence-corrected chi connectivity index (χ1v) is 8.30. The van der Waals surface area contributed by atoms with Crippen molar-refractivity contribution in [2.24, 2.45) is 0 Å². The molecule has 1 heterocycles. The molecular weight excluding hydrogens is 384 g/mol. The number of aromatic nitrogens is 1. The van der Waals surface area contributed by atoms with E-state index in [1.165, 1.54) is 0 Å². The van der Waals surface area contributed by atoms with Gasteiger partial charge in [0.1, 0.15) is 5.75 Å². The highest BCUT2D eigenvalue weighted by Gasteiger charge is 2.16. The van der Waals surface area contributed by atoms with Gasteiger partial charge in [-0.1, -0.05) is 13.3 Å². The molecule has 0 unspecified atom stereocenters. The summed E-state index contributed by atoms with van der Waals surface area (Å²) in [5.41, 5.74) is 3.10. The van der Waals surface area contributed by atoms with Crippen LogP contribution in [0, 0.1) is 0 Å². The number of nitrogens with zero attached hydrogens (tertiary/aromatic N) is 1. The van der Waals surface area contributed by atoms with Crippen LogP contribution in [0.4, 0.5) is 5.69 Å². The van der Waals surface area contributed by atoms with Crippen LogP contribution in [0.5, 0.6) is 5.75 Å². The van der Waals surface area contributed by atoms with E-state index >= 15 is 0 Å². The number of pyridine rings is 1. The molecule has 2 aromatic rings. The highest BCUT2D eigenvalue weighted by molar-refractivity contribution is 9.11. The molecule has 0 saturated carbocycles. The Bertz CT molecular complexity index is 629. The molecule has 0 aliphatic carbocycles. The van der Waals surface area contributed by atoms with Crippen molar-refractivity contribution < 1.29 is 4.74 Å². The molecule has 2 rings (SSSR count). The van der Waals surface area contributed by atoms with Gasteiger partial charge >= 0.3 is 0 Å². The molecule has 5 heteroatoms. The lowest BCUT2D eigenvalue weighted by Gasteiger charge is -2.15. The van der Waals surface area contributed by atoms with E-state index in [1.54, 1.807) is 7.11 Å². The molecule has 20 heavy (non-hydrogen) atoms. The van der Waals surface area contributed by atoms with E-state index in [-0.39, 0.29) is 0 Å². The quantitative estimate of drug-likeness (QED) is 0.751. The zero-order valence-electron chi connectivity index (χ0n) is 11.9. The highest BCUT2D eigenvalue weighted by Crippen LogP contribution is 2.41. The Morgan fingerprint density at radius 2 is 1.95 bits per heavy atom. The first kappa shape index (κ1) is 15.6. The van der Waals surface area contributed by atoms with Gasteiger partial charge in [-0.2, -0.15) is 0 Å². The van der Waals surface area contributed by atoms with E-state index < -0.39 is 0 Å². The van der Waals surface area contributed by atoms with Crippen LogP contribution < -0.4 is 10.1 Å². The van der Waals surface area contributed by atoms with E-state index in [9.17, 15) is 0 Å². The number of hydrogen-bond donors (Lipinski definition) is 1. The molecule has 1 aromatic heterocycles. The van der Waals surface area contributed by atoms with Gasteiger partial charge < -0.3 is 10.1 Å². The van der Waals surface area contributed by atoms with Gasteiger partial charge in [0, 0.05) is 22.4 Å². The van der Waals surface area contributed by atoms with Gasteiger partial charge in [0.05, 0.1) is 22.5 Å². The summed E-state index contributed by atoms with van der Waals surface area (Å²) in [7, 11) is 1.68. The Labute approximate surface area is 136 Å². The Morgan fingerprint density at radius 1 is 1.20 bits per heavy atom. The summed E-state index contributed by atoms with van der Waals surface area (Å²) in [4.78, 5) is 4.77. The summed E-state index contributed by atoms with van der Waals surface area (Å²) in [6, 6.07) is 4.11. The molecule has 0 bridgehead atoms. The number of aryl methyl sites for hydroxylation is 1.